The van der Waals surface area contributed by atoms with Crippen LogP contribution in [0.2, 0.25) is 0 Å². The van der Waals surface area contributed by atoms with Gasteiger partial charge in [0.15, 0.2) is 0 Å². The van der Waals surface area contributed by atoms with Gasteiger partial charge in [0.05, 0.1) is 0 Å². The van der Waals surface area contributed by atoms with Gasteiger partial charge in [-0.15, -0.1) is 0 Å². The van der Waals surface area contributed by atoms with Crippen LogP contribution in [0.5, 0.6) is 0 Å². The minimum atomic E-state index is -5.17. The quantitative estimate of drug-likeness (QED) is 0.285. The molecule has 46 valence electrons. The van der Waals surface area contributed by atoms with Crippen molar-refractivity contribution in [2.75, 3.05) is 0 Å². The molecule has 0 fully saturated rings. The molecule has 0 aromatic carbocycles. The van der Waals surface area contributed by atoms with Gasteiger partial charge in [0, 0.05) is 30.8 Å². The number of hydrogen-bond donors (Lipinski definition) is 0. The van der Waals surface area contributed by atoms with E-state index in [9.17, 15) is 0 Å². The molecule has 0 unspecified atom stereocenters. The molecule has 0 aromatic rings. The molecule has 6 heavy (non-hydrogen) atoms. The van der Waals surface area contributed by atoms with Crippen LogP contribution in [-0.2, 0) is 30.8 Å². The SMILES string of the molecule is O=S(=O)([O-])[O-].[H-].[H-].[Pd]. The Labute approximate surface area is 51.8 Å². The standard InChI is InChI=1S/H2O4S.Pd.2H/c1-5(2,3)4;;;/h(H2,1,2,3,4);;;/q;;2*-1/p-2. The minimum Gasteiger partial charge on any atom is -1.00 e. The van der Waals surface area contributed by atoms with E-state index in [1.165, 1.54) is 0 Å². The van der Waals surface area contributed by atoms with E-state index in [1.807, 2.05) is 0 Å². The largest absolute Gasteiger partial charge is 1.00 e. The molecule has 0 saturated heterocycles. The van der Waals surface area contributed by atoms with Crippen LogP contribution in [0, 0.1) is 0 Å². The van der Waals surface area contributed by atoms with Crippen molar-refractivity contribution in [3.63, 3.8) is 0 Å². The third-order valence-corrected chi connectivity index (χ3v) is 0. The van der Waals surface area contributed by atoms with E-state index in [1.54, 1.807) is 0 Å². The fraction of sp³-hybridized carbons (Fsp3) is 0. The Morgan fingerprint density at radius 3 is 1.33 bits per heavy atom. The van der Waals surface area contributed by atoms with Crippen molar-refractivity contribution in [1.82, 2.24) is 0 Å². The van der Waals surface area contributed by atoms with Crippen molar-refractivity contribution in [3.05, 3.63) is 0 Å². The summed E-state index contributed by atoms with van der Waals surface area (Å²) >= 11 is 0. The molecule has 0 aliphatic rings. The second-order valence-corrected chi connectivity index (χ2v) is 1.22. The molecule has 0 aliphatic carbocycles. The molecule has 0 spiro atoms. The first-order valence-electron chi connectivity index (χ1n) is 0.667. The van der Waals surface area contributed by atoms with Gasteiger partial charge in [-0.3, -0.25) is 8.42 Å². The third kappa shape index (κ3) is 200. The summed E-state index contributed by atoms with van der Waals surface area (Å²) in [5.41, 5.74) is 0. The topological polar surface area (TPSA) is 80.3 Å². The van der Waals surface area contributed by atoms with Crippen molar-refractivity contribution in [3.8, 4) is 0 Å². The monoisotopic (exact) mass is 204 g/mol. The summed E-state index contributed by atoms with van der Waals surface area (Å²) < 4.78 is 34.1. The summed E-state index contributed by atoms with van der Waals surface area (Å²) in [6.45, 7) is 0. The van der Waals surface area contributed by atoms with Crippen LogP contribution in [0.1, 0.15) is 2.85 Å². The van der Waals surface area contributed by atoms with E-state index in [4.69, 9.17) is 17.5 Å². The number of hydrogen-bond acceptors (Lipinski definition) is 4. The fourth-order valence-electron chi connectivity index (χ4n) is 0. The molecule has 0 amide bonds. The van der Waals surface area contributed by atoms with Crippen molar-refractivity contribution in [2.45, 2.75) is 0 Å². The van der Waals surface area contributed by atoms with Gasteiger partial charge in [0.25, 0.3) is 0 Å². The molecule has 0 bridgehead atoms. The Bertz CT molecular complexity index is 97.2. The summed E-state index contributed by atoms with van der Waals surface area (Å²) in [5, 5.41) is 0. The molecule has 0 saturated carbocycles. The van der Waals surface area contributed by atoms with Gasteiger partial charge >= 0.3 is 0 Å². The van der Waals surface area contributed by atoms with Crippen LogP contribution >= 0.6 is 0 Å². The second-order valence-electron chi connectivity index (χ2n) is 0.408. The maximum absolute atomic E-state index is 8.52. The van der Waals surface area contributed by atoms with E-state index >= 15 is 0 Å². The molecule has 0 rings (SSSR count). The molecular weight excluding hydrogens is 202 g/mol. The minimum absolute atomic E-state index is 0. The maximum Gasteiger partial charge on any atom is 0.0311 e. The summed E-state index contributed by atoms with van der Waals surface area (Å²) in [4.78, 5) is 0. The Hall–Kier alpha value is 0.532. The van der Waals surface area contributed by atoms with Gasteiger partial charge in [-0.05, 0) is 0 Å². The van der Waals surface area contributed by atoms with Gasteiger partial charge in [0.2, 0.25) is 0 Å². The molecule has 0 N–H and O–H groups in total. The van der Waals surface area contributed by atoms with Crippen LogP contribution in [-0.4, -0.2) is 17.5 Å². The Kier molecular flexibility index (Phi) is 4.32. The molecule has 0 heterocycles. The Balaban J connectivity index is -0.0000000267. The zero-order chi connectivity index (χ0) is 4.50. The van der Waals surface area contributed by atoms with Crippen LogP contribution in [0.15, 0.2) is 0 Å². The maximum atomic E-state index is 8.52. The van der Waals surface area contributed by atoms with Crippen LogP contribution < -0.4 is 0 Å². The van der Waals surface area contributed by atoms with Crippen LogP contribution in [0.25, 0.3) is 0 Å². The summed E-state index contributed by atoms with van der Waals surface area (Å²) in [6.07, 6.45) is 0. The third-order valence-electron chi connectivity index (χ3n) is 0. The summed E-state index contributed by atoms with van der Waals surface area (Å²) in [6, 6.07) is 0. The predicted molar refractivity (Wildman–Crippen MR) is 12.7 cm³/mol. The van der Waals surface area contributed by atoms with Gasteiger partial charge in [-0.1, -0.05) is 0 Å². The van der Waals surface area contributed by atoms with E-state index in [0.29, 0.717) is 0 Å². The molecule has 4 nitrogen and oxygen atoms in total. The number of rotatable bonds is 0. The Morgan fingerprint density at radius 1 is 1.33 bits per heavy atom. The average molecular weight is 204 g/mol. The fourth-order valence-corrected chi connectivity index (χ4v) is 0. The van der Waals surface area contributed by atoms with Gasteiger partial charge in [-0.25, -0.2) is 0 Å². The van der Waals surface area contributed by atoms with E-state index in [2.05, 4.69) is 0 Å². The zero-order valence-electron chi connectivity index (χ0n) is 4.36. The Morgan fingerprint density at radius 2 is 1.33 bits per heavy atom. The first-order valence-corrected chi connectivity index (χ1v) is 2.00. The molecule has 0 aliphatic heterocycles. The van der Waals surface area contributed by atoms with E-state index in [-0.39, 0.29) is 23.3 Å². The van der Waals surface area contributed by atoms with Crippen molar-refractivity contribution >= 4 is 10.4 Å². The normalized spacial score (nSPS) is 9.67. The molecule has 0 aromatic heterocycles. The smallest absolute Gasteiger partial charge is 0.0311 e. The van der Waals surface area contributed by atoms with E-state index in [0.717, 1.165) is 0 Å². The first-order chi connectivity index (χ1) is 2.00. The van der Waals surface area contributed by atoms with Crippen LogP contribution in [0.3, 0.4) is 0 Å². The van der Waals surface area contributed by atoms with Gasteiger partial charge in [0.1, 0.15) is 0 Å². The first kappa shape index (κ1) is 9.73. The van der Waals surface area contributed by atoms with Crippen molar-refractivity contribution < 1.29 is 40.8 Å². The molecule has 0 atom stereocenters. The molecule has 6 heteroatoms. The molecule has 0 radical (unpaired) electrons. The van der Waals surface area contributed by atoms with Crippen LogP contribution in [0.4, 0.5) is 0 Å². The average Bonchev–Trinajstić information content (AvgIpc) is 0.722. The van der Waals surface area contributed by atoms with Gasteiger partial charge in [-0.2, -0.15) is 0 Å². The van der Waals surface area contributed by atoms with Crippen molar-refractivity contribution in [1.29, 1.82) is 0 Å². The molecular formula is H2O4PdS-4. The van der Waals surface area contributed by atoms with Crippen molar-refractivity contribution in [2.24, 2.45) is 0 Å². The predicted octanol–water partition coefficient (Wildman–Crippen LogP) is -1.12. The van der Waals surface area contributed by atoms with Gasteiger partial charge < -0.3 is 12.0 Å². The summed E-state index contributed by atoms with van der Waals surface area (Å²) in [5.74, 6) is 0. The second kappa shape index (κ2) is 2.66. The van der Waals surface area contributed by atoms with E-state index < -0.39 is 10.4 Å². The summed E-state index contributed by atoms with van der Waals surface area (Å²) in [7, 11) is -5.17. The zero-order valence-corrected chi connectivity index (χ0v) is 4.73.